The van der Waals surface area contributed by atoms with Crippen LogP contribution in [0.1, 0.15) is 32.1 Å². The Morgan fingerprint density at radius 1 is 1.22 bits per heavy atom. The molecule has 0 radical (unpaired) electrons. The molecule has 0 aliphatic heterocycles. The highest BCUT2D eigenvalue weighted by molar-refractivity contribution is 5.36. The Balaban J connectivity index is 1.99. The van der Waals surface area contributed by atoms with Crippen molar-refractivity contribution >= 4 is 0 Å². The van der Waals surface area contributed by atoms with Crippen LogP contribution in [0.15, 0.2) is 0 Å². The van der Waals surface area contributed by atoms with Crippen molar-refractivity contribution in [2.45, 2.75) is 32.1 Å². The maximum absolute atomic E-state index is 1.66. The smallest absolute Gasteiger partial charge is 0.0178 e. The van der Waals surface area contributed by atoms with Gasteiger partial charge >= 0.3 is 0 Å². The Morgan fingerprint density at radius 3 is 2.78 bits per heavy atom. The fourth-order valence-corrected chi connectivity index (χ4v) is 4.72. The molecule has 4 saturated carbocycles. The fourth-order valence-electron chi connectivity index (χ4n) is 4.72. The molecule has 0 aromatic carbocycles. The van der Waals surface area contributed by atoms with Crippen molar-refractivity contribution in [3.63, 3.8) is 0 Å². The van der Waals surface area contributed by atoms with Gasteiger partial charge in [0.15, 0.2) is 0 Å². The molecule has 9 heavy (non-hydrogen) atoms. The maximum Gasteiger partial charge on any atom is -0.0178 e. The first kappa shape index (κ1) is 4.00. The molecule has 4 unspecified atom stereocenters. The van der Waals surface area contributed by atoms with Gasteiger partial charge in [0.05, 0.1) is 0 Å². The second-order valence-corrected chi connectivity index (χ2v) is 4.87. The van der Waals surface area contributed by atoms with Crippen LogP contribution in [0.5, 0.6) is 0 Å². The molecule has 4 aliphatic carbocycles. The van der Waals surface area contributed by atoms with Gasteiger partial charge < -0.3 is 0 Å². The zero-order valence-corrected chi connectivity index (χ0v) is 5.69. The quantitative estimate of drug-likeness (QED) is 0.459. The lowest BCUT2D eigenvalue weighted by atomic mass is 9.51. The van der Waals surface area contributed by atoms with E-state index in [2.05, 4.69) is 0 Å². The van der Waals surface area contributed by atoms with E-state index in [4.69, 9.17) is 0 Å². The molecule has 4 atom stereocenters. The summed E-state index contributed by atoms with van der Waals surface area (Å²) in [6, 6.07) is 0. The summed E-state index contributed by atoms with van der Waals surface area (Å²) in [5, 5.41) is 0. The minimum absolute atomic E-state index is 1.00. The second-order valence-electron chi connectivity index (χ2n) is 4.87. The van der Waals surface area contributed by atoms with Crippen LogP contribution in [0, 0.1) is 22.7 Å². The van der Waals surface area contributed by atoms with Gasteiger partial charge in [-0.3, -0.25) is 0 Å². The molecule has 4 fully saturated rings. The zero-order valence-electron chi connectivity index (χ0n) is 5.69. The van der Waals surface area contributed by atoms with Crippen LogP contribution < -0.4 is 0 Å². The highest BCUT2D eigenvalue weighted by Gasteiger charge is 2.87. The van der Waals surface area contributed by atoms with Crippen LogP contribution >= 0.6 is 0 Å². The molecule has 0 heterocycles. The van der Waals surface area contributed by atoms with Crippen molar-refractivity contribution in [3.05, 3.63) is 0 Å². The molecule has 0 aromatic rings. The van der Waals surface area contributed by atoms with E-state index in [9.17, 15) is 0 Å². The van der Waals surface area contributed by atoms with E-state index in [0.717, 1.165) is 10.8 Å². The number of hydrogen-bond donors (Lipinski definition) is 0. The van der Waals surface area contributed by atoms with Crippen molar-refractivity contribution in [2.24, 2.45) is 22.7 Å². The van der Waals surface area contributed by atoms with Crippen LogP contribution in [0.2, 0.25) is 0 Å². The average molecular weight is 120 g/mol. The summed E-state index contributed by atoms with van der Waals surface area (Å²) in [4.78, 5) is 0. The first-order valence-electron chi connectivity index (χ1n) is 4.37. The van der Waals surface area contributed by atoms with E-state index >= 15 is 0 Å². The maximum atomic E-state index is 1.66. The van der Waals surface area contributed by atoms with E-state index in [-0.39, 0.29) is 0 Å². The summed E-state index contributed by atoms with van der Waals surface area (Å²) in [7, 11) is 0. The van der Waals surface area contributed by atoms with Crippen molar-refractivity contribution in [1.29, 1.82) is 0 Å². The molecule has 0 amide bonds. The zero-order chi connectivity index (χ0) is 5.69. The predicted molar refractivity (Wildman–Crippen MR) is 34.9 cm³/mol. The fraction of sp³-hybridized carbons (Fsp3) is 1.00. The summed E-state index contributed by atoms with van der Waals surface area (Å²) >= 11 is 0. The Hall–Kier alpha value is 0. The lowest BCUT2D eigenvalue weighted by molar-refractivity contribution is -0.0473. The van der Waals surface area contributed by atoms with Gasteiger partial charge in [0.25, 0.3) is 0 Å². The SMILES string of the molecule is C1CC23CC4CC1C42C3. The highest BCUT2D eigenvalue weighted by atomic mass is 14.9. The lowest BCUT2D eigenvalue weighted by Crippen LogP contribution is -2.46. The normalized spacial score (nSPS) is 80.0. The van der Waals surface area contributed by atoms with E-state index in [1.807, 2.05) is 0 Å². The third-order valence-electron chi connectivity index (χ3n) is 5.13. The molecule has 0 N–H and O–H groups in total. The van der Waals surface area contributed by atoms with Crippen molar-refractivity contribution < 1.29 is 0 Å². The predicted octanol–water partition coefficient (Wildman–Crippen LogP) is 2.20. The molecule has 0 nitrogen and oxygen atoms in total. The minimum atomic E-state index is 1.00. The number of hydrogen-bond acceptors (Lipinski definition) is 0. The molecule has 4 aliphatic rings. The summed E-state index contributed by atoms with van der Waals surface area (Å²) < 4.78 is 0. The minimum Gasteiger partial charge on any atom is -0.0493 e. The topological polar surface area (TPSA) is 0 Å². The third kappa shape index (κ3) is 0.180. The Bertz CT molecular complexity index is 197. The summed E-state index contributed by atoms with van der Waals surface area (Å²) in [5.41, 5.74) is 2.04. The van der Waals surface area contributed by atoms with Crippen molar-refractivity contribution in [1.82, 2.24) is 0 Å². The van der Waals surface area contributed by atoms with Gasteiger partial charge in [-0.15, -0.1) is 0 Å². The van der Waals surface area contributed by atoms with E-state index in [1.54, 1.807) is 32.1 Å². The van der Waals surface area contributed by atoms with Gasteiger partial charge in [-0.1, -0.05) is 0 Å². The van der Waals surface area contributed by atoms with Crippen molar-refractivity contribution in [3.8, 4) is 0 Å². The first-order valence-corrected chi connectivity index (χ1v) is 4.37. The Labute approximate surface area is 55.6 Å². The lowest BCUT2D eigenvalue weighted by Gasteiger charge is -2.53. The number of rotatable bonds is 0. The Kier molecular flexibility index (Phi) is 0.329. The van der Waals surface area contributed by atoms with Crippen LogP contribution in [0.4, 0.5) is 0 Å². The Morgan fingerprint density at radius 2 is 2.22 bits per heavy atom. The molecule has 4 rings (SSSR count). The van der Waals surface area contributed by atoms with Gasteiger partial charge in [-0.25, -0.2) is 0 Å². The van der Waals surface area contributed by atoms with E-state index in [0.29, 0.717) is 0 Å². The standard InChI is InChI=1S/C9H12/c1-2-8-4-7-3-6(1)9(7,8)5-8/h6-7H,1-5H2. The van der Waals surface area contributed by atoms with Gasteiger partial charge in [0.1, 0.15) is 0 Å². The van der Waals surface area contributed by atoms with Crippen molar-refractivity contribution in [2.75, 3.05) is 0 Å². The first-order chi connectivity index (χ1) is 4.37. The van der Waals surface area contributed by atoms with Crippen LogP contribution in [0.25, 0.3) is 0 Å². The van der Waals surface area contributed by atoms with Crippen LogP contribution in [-0.4, -0.2) is 0 Å². The van der Waals surface area contributed by atoms with Crippen LogP contribution in [-0.2, 0) is 0 Å². The summed E-state index contributed by atoms with van der Waals surface area (Å²) in [6.45, 7) is 0. The molecular weight excluding hydrogens is 108 g/mol. The van der Waals surface area contributed by atoms with Gasteiger partial charge in [-0.2, -0.15) is 0 Å². The molecule has 48 valence electrons. The second kappa shape index (κ2) is 0.741. The van der Waals surface area contributed by atoms with Gasteiger partial charge in [0.2, 0.25) is 0 Å². The molecule has 0 heteroatoms. The monoisotopic (exact) mass is 120 g/mol. The highest BCUT2D eigenvalue weighted by Crippen LogP contribution is 2.95. The molecule has 0 bridgehead atoms. The molecule has 0 aromatic heterocycles. The third-order valence-corrected chi connectivity index (χ3v) is 5.13. The molecule has 0 saturated heterocycles. The van der Waals surface area contributed by atoms with E-state index in [1.165, 1.54) is 11.8 Å². The van der Waals surface area contributed by atoms with Crippen LogP contribution in [0.3, 0.4) is 0 Å². The molecule has 1 spiro atoms. The van der Waals surface area contributed by atoms with Gasteiger partial charge in [-0.05, 0) is 54.8 Å². The average Bonchev–Trinajstić information content (AvgIpc) is 2.50. The largest absolute Gasteiger partial charge is 0.0493 e. The summed E-state index contributed by atoms with van der Waals surface area (Å²) in [6.07, 6.45) is 8.16. The van der Waals surface area contributed by atoms with Gasteiger partial charge in [0, 0.05) is 0 Å². The summed E-state index contributed by atoms with van der Waals surface area (Å²) in [5.74, 6) is 2.47. The molecular formula is C9H12. The van der Waals surface area contributed by atoms with E-state index < -0.39 is 0 Å².